The van der Waals surface area contributed by atoms with Crippen LogP contribution in [0.15, 0.2) is 90.4 Å². The van der Waals surface area contributed by atoms with E-state index in [0.29, 0.717) is 17.9 Å². The highest BCUT2D eigenvalue weighted by molar-refractivity contribution is 7.13. The minimum atomic E-state index is -1.62. The van der Waals surface area contributed by atoms with Crippen LogP contribution in [0, 0.1) is 24.0 Å². The number of alkyl halides is 1. The highest BCUT2D eigenvalue weighted by Crippen LogP contribution is 2.44. The maximum absolute atomic E-state index is 16.1. The number of hydrogen-bond donors (Lipinski definition) is 4. The molecule has 4 aromatic carbocycles. The molecule has 5 atom stereocenters. The average Bonchev–Trinajstić information content (AvgIpc) is 4.05. The Morgan fingerprint density at radius 3 is 2.25 bits per heavy atom. The van der Waals surface area contributed by atoms with Gasteiger partial charge in [0.15, 0.2) is 0 Å². The summed E-state index contributed by atoms with van der Waals surface area (Å²) in [5.74, 6) is -2.50. The van der Waals surface area contributed by atoms with E-state index in [9.17, 15) is 19.5 Å². The summed E-state index contributed by atoms with van der Waals surface area (Å²) in [6, 6.07) is 21.8. The molecular formula is C55H63F3N6O7S. The number of rotatable bonds is 18. The molecule has 3 amide bonds. The van der Waals surface area contributed by atoms with Crippen LogP contribution < -0.4 is 20.1 Å². The standard InChI is InChI=1S/C55H63F3N6O7S/c1-32-22-41-40-10-8-9-11-44(40)61-48(41)49(64(32)30-55(6,7)58)47-42(56)24-39(25-43(47)57)71-21-20-70-38-18-14-35(15-19-38)28-69-29-46(66)62-51(54(3,4)5)53(68)63-27-37(65)23-45(63)52(67)59-26-34-12-16-36(17-13-34)50-33(2)60-31-72-50/h8-19,24-25,31-32,37,45,49,51,61,65H,20-23,26-30H2,1-7H3,(H,59,67)(H,62,66)/t32-,37-,45+,49-,51?/m1/s1. The molecule has 6 aromatic rings. The summed E-state index contributed by atoms with van der Waals surface area (Å²) in [7, 11) is 0. The van der Waals surface area contributed by atoms with Crippen molar-refractivity contribution in [3.8, 4) is 21.9 Å². The number of likely N-dealkylation sites (tertiary alicyclic amines) is 1. The summed E-state index contributed by atoms with van der Waals surface area (Å²) in [4.78, 5) is 52.7. The number of halogens is 3. The number of aryl methyl sites for hydroxylation is 1. The van der Waals surface area contributed by atoms with Gasteiger partial charge < -0.3 is 39.8 Å². The van der Waals surface area contributed by atoms with Crippen molar-refractivity contribution in [3.63, 3.8) is 0 Å². The van der Waals surface area contributed by atoms with Gasteiger partial charge in [-0.15, -0.1) is 11.3 Å². The van der Waals surface area contributed by atoms with Gasteiger partial charge in [0.25, 0.3) is 0 Å². The largest absolute Gasteiger partial charge is 0.490 e. The Bertz CT molecular complexity index is 2850. The van der Waals surface area contributed by atoms with Gasteiger partial charge >= 0.3 is 0 Å². The van der Waals surface area contributed by atoms with E-state index in [-0.39, 0.29) is 69.8 Å². The number of fused-ring (bicyclic) bond motifs is 3. The zero-order valence-electron chi connectivity index (χ0n) is 41.7. The number of aliphatic hydroxyl groups excluding tert-OH is 1. The van der Waals surface area contributed by atoms with Crippen molar-refractivity contribution in [2.45, 2.75) is 110 Å². The van der Waals surface area contributed by atoms with Gasteiger partial charge in [-0.05, 0) is 80.0 Å². The second-order valence-electron chi connectivity index (χ2n) is 20.5. The summed E-state index contributed by atoms with van der Waals surface area (Å²) in [6.07, 6.45) is -0.234. The van der Waals surface area contributed by atoms with E-state index in [4.69, 9.17) is 14.2 Å². The van der Waals surface area contributed by atoms with Crippen molar-refractivity contribution in [2.75, 3.05) is 32.9 Å². The summed E-state index contributed by atoms with van der Waals surface area (Å²) in [5.41, 5.74) is 5.33. The topological polar surface area (TPSA) is 158 Å². The number of aliphatic hydroxyl groups is 1. The number of benzene rings is 4. The van der Waals surface area contributed by atoms with Crippen LogP contribution in [0.1, 0.15) is 87.6 Å². The van der Waals surface area contributed by atoms with Gasteiger partial charge in [-0.1, -0.05) is 75.4 Å². The Balaban J connectivity index is 0.800. The van der Waals surface area contributed by atoms with Gasteiger partial charge in [-0.25, -0.2) is 18.2 Å². The van der Waals surface area contributed by atoms with E-state index in [2.05, 4.69) is 20.6 Å². The number of nitrogens with one attached hydrogen (secondary N) is 3. The number of carbonyl (C=O) groups is 3. The molecule has 0 spiro atoms. The summed E-state index contributed by atoms with van der Waals surface area (Å²) >= 11 is 1.56. The number of amides is 3. The minimum Gasteiger partial charge on any atom is -0.490 e. The molecule has 2 aliphatic heterocycles. The second-order valence-corrected chi connectivity index (χ2v) is 21.3. The highest BCUT2D eigenvalue weighted by Gasteiger charge is 2.45. The Labute approximate surface area is 422 Å². The number of β-amino-alcohol motifs (C(OH)–C–C–N with tert-alkyl or cyclic N) is 1. The van der Waals surface area contributed by atoms with Gasteiger partial charge in [-0.2, -0.15) is 0 Å². The van der Waals surface area contributed by atoms with E-state index in [1.54, 1.807) is 41.1 Å². The van der Waals surface area contributed by atoms with E-state index in [0.717, 1.165) is 55.9 Å². The number of para-hydroxylation sites is 1. The third-order valence-electron chi connectivity index (χ3n) is 13.2. The molecule has 4 heterocycles. The second kappa shape index (κ2) is 21.8. The molecule has 72 heavy (non-hydrogen) atoms. The molecule has 1 fully saturated rings. The Morgan fingerprint density at radius 1 is 0.931 bits per heavy atom. The van der Waals surface area contributed by atoms with Gasteiger partial charge in [0.05, 0.1) is 34.8 Å². The number of nitrogens with zero attached hydrogens (tertiary/aromatic N) is 3. The van der Waals surface area contributed by atoms with Crippen molar-refractivity contribution >= 4 is 40.0 Å². The Hall–Kier alpha value is -6.27. The highest BCUT2D eigenvalue weighted by atomic mass is 32.1. The normalized spacial score (nSPS) is 18.7. The maximum Gasteiger partial charge on any atom is 0.246 e. The molecule has 1 unspecified atom stereocenters. The van der Waals surface area contributed by atoms with Crippen molar-refractivity contribution < 1.29 is 46.9 Å². The first-order valence-electron chi connectivity index (χ1n) is 24.2. The molecule has 0 radical (unpaired) electrons. The van der Waals surface area contributed by atoms with Crippen molar-refractivity contribution in [2.24, 2.45) is 5.41 Å². The number of carbonyl (C=O) groups excluding carboxylic acids is 3. The van der Waals surface area contributed by atoms with Crippen LogP contribution in [-0.4, -0.2) is 105 Å². The molecule has 4 N–H and O–H groups in total. The van der Waals surface area contributed by atoms with Crippen LogP contribution >= 0.6 is 11.3 Å². The van der Waals surface area contributed by atoms with Crippen LogP contribution in [0.5, 0.6) is 11.5 Å². The van der Waals surface area contributed by atoms with Gasteiger partial charge in [0.1, 0.15) is 60.7 Å². The molecule has 0 aliphatic carbocycles. The number of aromatic nitrogens is 2. The predicted molar refractivity (Wildman–Crippen MR) is 270 cm³/mol. The summed E-state index contributed by atoms with van der Waals surface area (Å²) in [6.45, 7) is 12.2. The van der Waals surface area contributed by atoms with Crippen LogP contribution in [0.25, 0.3) is 21.3 Å². The average molecular weight is 1010 g/mol. The molecule has 382 valence electrons. The lowest BCUT2D eigenvalue weighted by Crippen LogP contribution is -2.58. The van der Waals surface area contributed by atoms with Gasteiger partial charge in [-0.3, -0.25) is 19.3 Å². The lowest BCUT2D eigenvalue weighted by Gasteiger charge is -2.43. The number of ether oxygens (including phenoxy) is 3. The first-order valence-corrected chi connectivity index (χ1v) is 25.1. The summed E-state index contributed by atoms with van der Waals surface area (Å²) < 4.78 is 64.7. The van der Waals surface area contributed by atoms with Crippen molar-refractivity contribution in [1.82, 2.24) is 30.4 Å². The molecule has 0 bridgehead atoms. The fourth-order valence-corrected chi connectivity index (χ4v) is 10.5. The summed E-state index contributed by atoms with van der Waals surface area (Å²) in [5, 5.41) is 17.3. The van der Waals surface area contributed by atoms with Crippen molar-refractivity contribution in [3.05, 3.63) is 136 Å². The molecule has 2 aliphatic rings. The SMILES string of the molecule is Cc1ncsc1-c1ccc(CNC(=O)[C@@H]2C[C@@H](O)CN2C(=O)C(NC(=O)COCc2ccc(OCCOc3cc(F)c([C@@H]4c5[nH]c6ccccc6c5C[C@@H](C)N4CC(C)(C)F)c(F)c3)cc2)C(C)(C)C)cc1. The zero-order valence-corrected chi connectivity index (χ0v) is 42.5. The smallest absolute Gasteiger partial charge is 0.246 e. The maximum atomic E-state index is 16.1. The minimum absolute atomic E-state index is 0.0104. The third kappa shape index (κ3) is 12.1. The molecule has 0 saturated carbocycles. The van der Waals surface area contributed by atoms with E-state index in [1.807, 2.05) is 88.0 Å². The van der Waals surface area contributed by atoms with E-state index >= 15 is 13.2 Å². The van der Waals surface area contributed by atoms with Crippen molar-refractivity contribution in [1.29, 1.82) is 0 Å². The fourth-order valence-electron chi connectivity index (χ4n) is 9.65. The van der Waals surface area contributed by atoms with Crippen LogP contribution in [0.3, 0.4) is 0 Å². The fraction of sp³-hybridized carbons (Fsp3) is 0.418. The van der Waals surface area contributed by atoms with Gasteiger partial charge in [0, 0.05) is 66.4 Å². The predicted octanol–water partition coefficient (Wildman–Crippen LogP) is 8.75. The van der Waals surface area contributed by atoms with Crippen LogP contribution in [0.4, 0.5) is 13.2 Å². The van der Waals surface area contributed by atoms with Gasteiger partial charge in [0.2, 0.25) is 17.7 Å². The van der Waals surface area contributed by atoms with Crippen LogP contribution in [-0.2, 0) is 38.7 Å². The first-order chi connectivity index (χ1) is 34.2. The first kappa shape index (κ1) is 52.1. The molecular weight excluding hydrogens is 946 g/mol. The molecule has 13 nitrogen and oxygen atoms in total. The number of thiazole rings is 1. The Morgan fingerprint density at radius 2 is 1.60 bits per heavy atom. The zero-order chi connectivity index (χ0) is 51.5. The molecule has 2 aromatic heterocycles. The van der Waals surface area contributed by atoms with E-state index in [1.165, 1.54) is 18.7 Å². The molecule has 17 heteroatoms. The monoisotopic (exact) mass is 1010 g/mol. The van der Waals surface area contributed by atoms with E-state index < -0.39 is 64.7 Å². The molecule has 1 saturated heterocycles. The Kier molecular flexibility index (Phi) is 15.8. The molecule has 8 rings (SSSR count). The van der Waals surface area contributed by atoms with Crippen LogP contribution in [0.2, 0.25) is 0 Å². The lowest BCUT2D eigenvalue weighted by molar-refractivity contribution is -0.144. The number of hydrogen-bond acceptors (Lipinski definition) is 10. The lowest BCUT2D eigenvalue weighted by atomic mass is 9.85. The quantitative estimate of drug-likeness (QED) is 0.0618. The number of H-pyrrole nitrogens is 1. The number of aromatic amines is 1. The third-order valence-corrected chi connectivity index (χ3v) is 14.1.